The lowest BCUT2D eigenvalue weighted by atomic mass is 10.1. The van der Waals surface area contributed by atoms with E-state index < -0.39 is 0 Å². The first-order valence-electron chi connectivity index (χ1n) is 5.11. The van der Waals surface area contributed by atoms with Crippen LogP contribution in [-0.4, -0.2) is 37.5 Å². The van der Waals surface area contributed by atoms with Crippen molar-refractivity contribution in [3.63, 3.8) is 0 Å². The molecule has 3 heteroatoms. The first-order valence-corrected chi connectivity index (χ1v) is 5.11. The number of nitrogens with zero attached hydrogens (tertiary/aromatic N) is 1. The lowest BCUT2D eigenvalue weighted by Crippen LogP contribution is -2.28. The largest absolute Gasteiger partial charge is 0.356 e. The fourth-order valence-electron chi connectivity index (χ4n) is 1.48. The molecule has 1 heterocycles. The second kappa shape index (κ2) is 6.89. The van der Waals surface area contributed by atoms with Gasteiger partial charge in [0.15, 0.2) is 0 Å². The summed E-state index contributed by atoms with van der Waals surface area (Å²) in [6.07, 6.45) is 1.22. The van der Waals surface area contributed by atoms with Gasteiger partial charge < -0.3 is 10.2 Å². The molecule has 0 aromatic heterocycles. The fourth-order valence-corrected chi connectivity index (χ4v) is 1.48. The van der Waals surface area contributed by atoms with E-state index >= 15 is 0 Å². The number of likely N-dealkylation sites (tertiary alicyclic amines) is 1. The number of hydrogen-bond donors (Lipinski definition) is 1. The fraction of sp³-hybridized carbons (Fsp3) is 0.900. The lowest BCUT2D eigenvalue weighted by molar-refractivity contribution is -0.119. The highest BCUT2D eigenvalue weighted by molar-refractivity contribution is 5.72. The molecule has 1 amide bonds. The van der Waals surface area contributed by atoms with Gasteiger partial charge in [0.2, 0.25) is 5.91 Å². The first-order chi connectivity index (χ1) is 6.18. The zero-order valence-corrected chi connectivity index (χ0v) is 9.26. The Bertz CT molecular complexity index is 148. The molecule has 0 aromatic carbocycles. The summed E-state index contributed by atoms with van der Waals surface area (Å²) >= 11 is 0. The average Bonchev–Trinajstić information content (AvgIpc) is 2.52. The van der Waals surface area contributed by atoms with Crippen molar-refractivity contribution in [1.82, 2.24) is 10.2 Å². The molecule has 78 valence electrons. The van der Waals surface area contributed by atoms with Crippen molar-refractivity contribution < 1.29 is 4.79 Å². The molecule has 1 unspecified atom stereocenters. The van der Waals surface area contributed by atoms with E-state index in [1.54, 1.807) is 6.92 Å². The predicted molar refractivity (Wildman–Crippen MR) is 55.6 cm³/mol. The molecule has 1 aliphatic rings. The molecule has 1 saturated heterocycles. The van der Waals surface area contributed by atoms with Crippen molar-refractivity contribution in [2.45, 2.75) is 27.2 Å². The quantitative estimate of drug-likeness (QED) is 0.700. The number of carbonyl (C=O) groups excluding carboxylic acids is 1. The molecule has 0 saturated carbocycles. The van der Waals surface area contributed by atoms with E-state index in [9.17, 15) is 4.79 Å². The Kier molecular flexibility index (Phi) is 6.59. The molecule has 3 nitrogen and oxygen atoms in total. The van der Waals surface area contributed by atoms with Gasteiger partial charge in [-0.15, -0.1) is 0 Å². The van der Waals surface area contributed by atoms with Gasteiger partial charge in [-0.1, -0.05) is 13.8 Å². The molecule has 1 rings (SSSR count). The second-order valence-electron chi connectivity index (χ2n) is 3.35. The third kappa shape index (κ3) is 5.64. The minimum atomic E-state index is 0.0829. The second-order valence-corrected chi connectivity index (χ2v) is 3.35. The summed E-state index contributed by atoms with van der Waals surface area (Å²) in [5, 5.41) is 2.84. The van der Waals surface area contributed by atoms with Gasteiger partial charge in [0.25, 0.3) is 0 Å². The summed E-state index contributed by atoms with van der Waals surface area (Å²) < 4.78 is 0. The molecule has 1 atom stereocenters. The van der Waals surface area contributed by atoms with Crippen LogP contribution < -0.4 is 5.32 Å². The van der Waals surface area contributed by atoms with E-state index in [0.29, 0.717) is 5.92 Å². The van der Waals surface area contributed by atoms with Crippen molar-refractivity contribution in [2.24, 2.45) is 5.92 Å². The number of hydrogen-bond acceptors (Lipinski definition) is 2. The van der Waals surface area contributed by atoms with E-state index in [1.807, 2.05) is 13.8 Å². The Morgan fingerprint density at radius 2 is 2.15 bits per heavy atom. The standard InChI is InChI=1S/C8H16N2O.C2H6/c1-7(11)9-5-8-3-4-10(2)6-8;1-2/h8H,3-6H2,1-2H3,(H,9,11);1-2H3. The third-order valence-electron chi connectivity index (χ3n) is 2.13. The van der Waals surface area contributed by atoms with Crippen LogP contribution in [-0.2, 0) is 4.79 Å². The van der Waals surface area contributed by atoms with Crippen molar-refractivity contribution in [3.8, 4) is 0 Å². The Morgan fingerprint density at radius 3 is 2.54 bits per heavy atom. The van der Waals surface area contributed by atoms with Crippen LogP contribution in [0.3, 0.4) is 0 Å². The SMILES string of the molecule is CC.CC(=O)NCC1CCN(C)C1. The Balaban J connectivity index is 0.000000671. The van der Waals surface area contributed by atoms with Crippen LogP contribution in [0.2, 0.25) is 0 Å². The van der Waals surface area contributed by atoms with Crippen LogP contribution in [0.5, 0.6) is 0 Å². The number of nitrogens with one attached hydrogen (secondary N) is 1. The molecular formula is C10H22N2O. The molecular weight excluding hydrogens is 164 g/mol. The van der Waals surface area contributed by atoms with Crippen LogP contribution >= 0.6 is 0 Å². The summed E-state index contributed by atoms with van der Waals surface area (Å²) in [6.45, 7) is 8.71. The molecule has 1 N–H and O–H groups in total. The number of rotatable bonds is 2. The Labute approximate surface area is 81.5 Å². The molecule has 0 radical (unpaired) electrons. The molecule has 13 heavy (non-hydrogen) atoms. The minimum absolute atomic E-state index is 0.0829. The molecule has 1 fully saturated rings. The van der Waals surface area contributed by atoms with Crippen molar-refractivity contribution in [1.29, 1.82) is 0 Å². The lowest BCUT2D eigenvalue weighted by Gasteiger charge is -2.09. The normalized spacial score (nSPS) is 22.0. The van der Waals surface area contributed by atoms with Crippen molar-refractivity contribution >= 4 is 5.91 Å². The van der Waals surface area contributed by atoms with Gasteiger partial charge in [0.1, 0.15) is 0 Å². The van der Waals surface area contributed by atoms with Gasteiger partial charge in [-0.25, -0.2) is 0 Å². The van der Waals surface area contributed by atoms with E-state index in [-0.39, 0.29) is 5.91 Å². The summed E-state index contributed by atoms with van der Waals surface area (Å²) in [4.78, 5) is 12.9. The highest BCUT2D eigenvalue weighted by Crippen LogP contribution is 2.12. The zero-order valence-electron chi connectivity index (χ0n) is 9.26. The van der Waals surface area contributed by atoms with E-state index in [4.69, 9.17) is 0 Å². The maximum atomic E-state index is 10.6. The average molecular weight is 186 g/mol. The number of amides is 1. The van der Waals surface area contributed by atoms with Crippen LogP contribution in [0.15, 0.2) is 0 Å². The maximum absolute atomic E-state index is 10.6. The highest BCUT2D eigenvalue weighted by Gasteiger charge is 2.18. The molecule has 0 spiro atoms. The number of carbonyl (C=O) groups is 1. The summed E-state index contributed by atoms with van der Waals surface area (Å²) in [7, 11) is 2.12. The van der Waals surface area contributed by atoms with Gasteiger partial charge in [-0.3, -0.25) is 4.79 Å². The van der Waals surface area contributed by atoms with Crippen LogP contribution in [0.4, 0.5) is 0 Å². The van der Waals surface area contributed by atoms with Crippen LogP contribution in [0.25, 0.3) is 0 Å². The summed E-state index contributed by atoms with van der Waals surface area (Å²) in [5.41, 5.74) is 0. The molecule has 0 aliphatic carbocycles. The topological polar surface area (TPSA) is 32.3 Å². The minimum Gasteiger partial charge on any atom is -0.356 e. The van der Waals surface area contributed by atoms with Gasteiger partial charge in [-0.05, 0) is 25.9 Å². The van der Waals surface area contributed by atoms with Crippen LogP contribution in [0.1, 0.15) is 27.2 Å². The first kappa shape index (κ1) is 12.4. The zero-order chi connectivity index (χ0) is 10.3. The maximum Gasteiger partial charge on any atom is 0.216 e. The van der Waals surface area contributed by atoms with Crippen LogP contribution in [0, 0.1) is 5.92 Å². The van der Waals surface area contributed by atoms with Crippen molar-refractivity contribution in [2.75, 3.05) is 26.7 Å². The monoisotopic (exact) mass is 186 g/mol. The third-order valence-corrected chi connectivity index (χ3v) is 2.13. The molecule has 0 aromatic rings. The van der Waals surface area contributed by atoms with E-state index in [2.05, 4.69) is 17.3 Å². The Hall–Kier alpha value is -0.570. The van der Waals surface area contributed by atoms with Gasteiger partial charge in [0, 0.05) is 20.0 Å². The van der Waals surface area contributed by atoms with E-state index in [1.165, 1.54) is 13.0 Å². The summed E-state index contributed by atoms with van der Waals surface area (Å²) in [5.74, 6) is 0.753. The predicted octanol–water partition coefficient (Wildman–Crippen LogP) is 1.10. The molecule has 1 aliphatic heterocycles. The van der Waals surface area contributed by atoms with Gasteiger partial charge >= 0.3 is 0 Å². The van der Waals surface area contributed by atoms with Crippen molar-refractivity contribution in [3.05, 3.63) is 0 Å². The Morgan fingerprint density at radius 1 is 1.54 bits per heavy atom. The van der Waals surface area contributed by atoms with Gasteiger partial charge in [0.05, 0.1) is 0 Å². The molecule has 0 bridgehead atoms. The van der Waals surface area contributed by atoms with Gasteiger partial charge in [-0.2, -0.15) is 0 Å². The van der Waals surface area contributed by atoms with E-state index in [0.717, 1.165) is 13.1 Å². The smallest absolute Gasteiger partial charge is 0.216 e. The highest BCUT2D eigenvalue weighted by atomic mass is 16.1. The summed E-state index contributed by atoms with van der Waals surface area (Å²) in [6, 6.07) is 0.